The molecule has 0 fully saturated rings. The fourth-order valence-electron chi connectivity index (χ4n) is 2.60. The van der Waals surface area contributed by atoms with E-state index >= 15 is 0 Å². The maximum Gasteiger partial charge on any atom is 0.182 e. The van der Waals surface area contributed by atoms with E-state index in [1.165, 1.54) is 6.07 Å². The first-order chi connectivity index (χ1) is 12.1. The first-order valence-electron chi connectivity index (χ1n) is 8.04. The molecule has 3 aromatic heterocycles. The molecule has 0 aliphatic rings. The van der Waals surface area contributed by atoms with Crippen LogP contribution in [-0.4, -0.2) is 33.4 Å². The Labute approximate surface area is 151 Å². The first kappa shape index (κ1) is 17.3. The molecule has 0 aliphatic heterocycles. The van der Waals surface area contributed by atoms with E-state index in [1.807, 2.05) is 25.2 Å². The largest absolute Gasteiger partial charge is 0.356 e. The van der Waals surface area contributed by atoms with Crippen molar-refractivity contribution in [2.45, 2.75) is 13.0 Å². The molecule has 128 valence electrons. The number of likely N-dealkylation sites (N-methyl/N-ethyl adjacent to an activating group) is 1. The van der Waals surface area contributed by atoms with E-state index in [2.05, 4.69) is 19.9 Å². The molecule has 25 heavy (non-hydrogen) atoms. The zero-order valence-corrected chi connectivity index (χ0v) is 14.7. The van der Waals surface area contributed by atoms with Gasteiger partial charge in [-0.2, -0.15) is 0 Å². The Morgan fingerprint density at radius 3 is 2.76 bits per heavy atom. The van der Waals surface area contributed by atoms with Crippen molar-refractivity contribution in [1.82, 2.24) is 19.9 Å². The maximum absolute atomic E-state index is 12.0. The lowest BCUT2D eigenvalue weighted by atomic mass is 10.2. The second-order valence-electron chi connectivity index (χ2n) is 5.92. The summed E-state index contributed by atoms with van der Waals surface area (Å²) in [6.07, 6.45) is 4.28. The van der Waals surface area contributed by atoms with E-state index in [9.17, 15) is 4.79 Å². The van der Waals surface area contributed by atoms with Crippen LogP contribution in [0.25, 0.3) is 11.4 Å². The molecule has 0 bridgehead atoms. The summed E-state index contributed by atoms with van der Waals surface area (Å²) in [7, 11) is 2.02. The van der Waals surface area contributed by atoms with Crippen molar-refractivity contribution >= 4 is 11.6 Å². The number of halogens is 1. The minimum Gasteiger partial charge on any atom is -0.356 e. The number of hydrogen-bond donors (Lipinski definition) is 1. The number of aromatic amines is 1. The highest BCUT2D eigenvalue weighted by Gasteiger charge is 2.07. The van der Waals surface area contributed by atoms with E-state index in [0.29, 0.717) is 23.0 Å². The van der Waals surface area contributed by atoms with Gasteiger partial charge in [-0.15, -0.1) is 0 Å². The summed E-state index contributed by atoms with van der Waals surface area (Å²) in [5.41, 5.74) is 3.17. The standard InChI is InChI=1S/C19H19ClN4O/c1-24(9-6-15-4-2-3-7-21-15)13-16-11-17(25)12-19(23-16)18-10-14(20)5-8-22-18/h2-5,7-8,10-12H,6,9,13H2,1H3,(H,23,25). The molecule has 0 saturated carbocycles. The molecule has 0 amide bonds. The fraction of sp³-hybridized carbons (Fsp3) is 0.211. The van der Waals surface area contributed by atoms with Gasteiger partial charge in [0.05, 0.1) is 11.4 Å². The van der Waals surface area contributed by atoms with Crippen molar-refractivity contribution in [3.8, 4) is 11.4 Å². The van der Waals surface area contributed by atoms with Gasteiger partial charge in [0.25, 0.3) is 0 Å². The highest BCUT2D eigenvalue weighted by molar-refractivity contribution is 6.30. The van der Waals surface area contributed by atoms with E-state index in [4.69, 9.17) is 11.6 Å². The molecule has 0 aliphatic carbocycles. The van der Waals surface area contributed by atoms with Crippen molar-refractivity contribution in [1.29, 1.82) is 0 Å². The normalized spacial score (nSPS) is 11.0. The lowest BCUT2D eigenvalue weighted by Gasteiger charge is -2.17. The molecule has 0 saturated heterocycles. The molecule has 0 radical (unpaired) electrons. The van der Waals surface area contributed by atoms with Gasteiger partial charge in [-0.05, 0) is 31.3 Å². The van der Waals surface area contributed by atoms with Crippen LogP contribution in [0.15, 0.2) is 59.7 Å². The van der Waals surface area contributed by atoms with Crippen molar-refractivity contribution < 1.29 is 0 Å². The van der Waals surface area contributed by atoms with Crippen LogP contribution in [-0.2, 0) is 13.0 Å². The second kappa shape index (κ2) is 8.05. The number of nitrogens with zero attached hydrogens (tertiary/aromatic N) is 3. The molecule has 3 heterocycles. The lowest BCUT2D eigenvalue weighted by Crippen LogP contribution is -2.22. The highest BCUT2D eigenvalue weighted by Crippen LogP contribution is 2.17. The molecular formula is C19H19ClN4O. The van der Waals surface area contributed by atoms with Crippen LogP contribution in [0.2, 0.25) is 5.02 Å². The van der Waals surface area contributed by atoms with Crippen LogP contribution in [0.5, 0.6) is 0 Å². The number of hydrogen-bond acceptors (Lipinski definition) is 4. The number of rotatable bonds is 6. The summed E-state index contributed by atoms with van der Waals surface area (Å²) >= 11 is 6.01. The second-order valence-corrected chi connectivity index (χ2v) is 6.36. The summed E-state index contributed by atoms with van der Waals surface area (Å²) in [5.74, 6) is 0. The predicted octanol–water partition coefficient (Wildman–Crippen LogP) is 3.16. The Bertz CT molecular complexity index is 895. The number of pyridine rings is 3. The van der Waals surface area contributed by atoms with Gasteiger partial charge >= 0.3 is 0 Å². The Hall–Kier alpha value is -2.50. The molecule has 3 rings (SSSR count). The quantitative estimate of drug-likeness (QED) is 0.738. The van der Waals surface area contributed by atoms with Crippen molar-refractivity contribution in [2.24, 2.45) is 0 Å². The van der Waals surface area contributed by atoms with Crippen LogP contribution < -0.4 is 5.43 Å². The number of H-pyrrole nitrogens is 1. The molecule has 0 unspecified atom stereocenters. The third kappa shape index (κ3) is 4.98. The van der Waals surface area contributed by atoms with Crippen LogP contribution in [0.4, 0.5) is 0 Å². The molecule has 0 aromatic carbocycles. The molecule has 0 atom stereocenters. The lowest BCUT2D eigenvalue weighted by molar-refractivity contribution is 0.326. The Balaban J connectivity index is 1.71. The average molecular weight is 355 g/mol. The molecule has 0 spiro atoms. The summed E-state index contributed by atoms with van der Waals surface area (Å²) in [6, 6.07) is 12.5. The van der Waals surface area contributed by atoms with Gasteiger partial charge in [-0.25, -0.2) is 0 Å². The van der Waals surface area contributed by atoms with Crippen molar-refractivity contribution in [3.05, 3.63) is 81.5 Å². The monoisotopic (exact) mass is 354 g/mol. The van der Waals surface area contributed by atoms with Crippen LogP contribution in [0.1, 0.15) is 11.4 Å². The van der Waals surface area contributed by atoms with Crippen molar-refractivity contribution in [2.75, 3.05) is 13.6 Å². The molecular weight excluding hydrogens is 336 g/mol. The van der Waals surface area contributed by atoms with Gasteiger partial charge < -0.3 is 9.88 Å². The van der Waals surface area contributed by atoms with Gasteiger partial charge in [-0.1, -0.05) is 17.7 Å². The average Bonchev–Trinajstić information content (AvgIpc) is 2.60. The highest BCUT2D eigenvalue weighted by atomic mass is 35.5. The Morgan fingerprint density at radius 1 is 1.12 bits per heavy atom. The van der Waals surface area contributed by atoms with Gasteiger partial charge in [0.1, 0.15) is 0 Å². The third-order valence-electron chi connectivity index (χ3n) is 3.81. The summed E-state index contributed by atoms with van der Waals surface area (Å²) in [4.78, 5) is 26.0. The van der Waals surface area contributed by atoms with E-state index < -0.39 is 0 Å². The Kier molecular flexibility index (Phi) is 5.58. The van der Waals surface area contributed by atoms with Gasteiger partial charge in [0.2, 0.25) is 0 Å². The van der Waals surface area contributed by atoms with Gasteiger partial charge in [0, 0.05) is 60.4 Å². The van der Waals surface area contributed by atoms with Crippen LogP contribution in [0.3, 0.4) is 0 Å². The van der Waals surface area contributed by atoms with Crippen LogP contribution in [0, 0.1) is 0 Å². The summed E-state index contributed by atoms with van der Waals surface area (Å²) in [5, 5.41) is 0.587. The molecule has 1 N–H and O–H groups in total. The first-order valence-corrected chi connectivity index (χ1v) is 8.41. The third-order valence-corrected chi connectivity index (χ3v) is 4.05. The molecule has 5 nitrogen and oxygen atoms in total. The Morgan fingerprint density at radius 2 is 2.00 bits per heavy atom. The minimum atomic E-state index is -0.0522. The SMILES string of the molecule is CN(CCc1ccccn1)Cc1cc(=O)cc(-c2cc(Cl)ccn2)[nH]1. The van der Waals surface area contributed by atoms with E-state index in [-0.39, 0.29) is 5.43 Å². The number of nitrogens with one attached hydrogen (secondary N) is 1. The summed E-state index contributed by atoms with van der Waals surface area (Å²) < 4.78 is 0. The summed E-state index contributed by atoms with van der Waals surface area (Å²) in [6.45, 7) is 1.48. The fourth-order valence-corrected chi connectivity index (χ4v) is 2.76. The molecule has 3 aromatic rings. The van der Waals surface area contributed by atoms with Crippen LogP contribution >= 0.6 is 11.6 Å². The maximum atomic E-state index is 12.0. The molecule has 6 heteroatoms. The topological polar surface area (TPSA) is 61.9 Å². The number of aromatic nitrogens is 3. The van der Waals surface area contributed by atoms with Crippen molar-refractivity contribution in [3.63, 3.8) is 0 Å². The smallest absolute Gasteiger partial charge is 0.182 e. The predicted molar refractivity (Wildman–Crippen MR) is 99.6 cm³/mol. The van der Waals surface area contributed by atoms with Gasteiger partial charge in [-0.3, -0.25) is 14.8 Å². The zero-order chi connectivity index (χ0) is 17.6. The van der Waals surface area contributed by atoms with E-state index in [0.717, 1.165) is 24.4 Å². The minimum absolute atomic E-state index is 0.0522. The van der Waals surface area contributed by atoms with Gasteiger partial charge in [0.15, 0.2) is 5.43 Å². The van der Waals surface area contributed by atoms with E-state index in [1.54, 1.807) is 30.6 Å². The zero-order valence-electron chi connectivity index (χ0n) is 13.9.